The van der Waals surface area contributed by atoms with E-state index in [0.717, 1.165) is 22.1 Å². The van der Waals surface area contributed by atoms with Gasteiger partial charge in [0.2, 0.25) is 0 Å². The minimum absolute atomic E-state index is 0.665. The highest BCUT2D eigenvalue weighted by atomic mass is 14.9. The standard InChI is InChI=1S/C32H14N4/c33-15-17-7-9-19-21-3-1-5-23-25-13-30-26(14-29(25)35(31(21)23)27(19)11-17)24-6-2-4-22-20-10-8-18(16-34)12-28(20)36(30)32(22)24/h1-14H. The molecule has 0 saturated heterocycles. The first kappa shape index (κ1) is 18.1. The van der Waals surface area contributed by atoms with Gasteiger partial charge in [-0.15, -0.1) is 0 Å². The fraction of sp³-hybridized carbons (Fsp3) is 0. The Morgan fingerprint density at radius 1 is 0.417 bits per heavy atom. The normalized spacial score (nSPS) is 12.4. The number of hydrogen-bond donors (Lipinski definition) is 0. The SMILES string of the molecule is N#Cc1ccc2c3cccc4c5cc6c(cc5n(c2c1)c34)c1cccc2c3ccc(C#N)cc3n6c21. The van der Waals surface area contributed by atoms with Gasteiger partial charge in [0.05, 0.1) is 56.4 Å². The summed E-state index contributed by atoms with van der Waals surface area (Å²) >= 11 is 0. The van der Waals surface area contributed by atoms with Crippen LogP contribution in [0.4, 0.5) is 0 Å². The van der Waals surface area contributed by atoms with Gasteiger partial charge in [-0.2, -0.15) is 10.5 Å². The molecule has 0 unspecified atom stereocenters. The Labute approximate surface area is 203 Å². The van der Waals surface area contributed by atoms with Crippen LogP contribution in [-0.2, 0) is 0 Å². The number of benzene rings is 5. The van der Waals surface area contributed by atoms with E-state index in [4.69, 9.17) is 0 Å². The number of nitrogens with zero attached hydrogens (tertiary/aromatic N) is 4. The number of rotatable bonds is 0. The molecule has 0 atom stereocenters. The van der Waals surface area contributed by atoms with E-state index in [1.54, 1.807) is 0 Å². The number of hydrogen-bond acceptors (Lipinski definition) is 2. The minimum Gasteiger partial charge on any atom is -0.308 e. The molecule has 4 nitrogen and oxygen atoms in total. The predicted molar refractivity (Wildman–Crippen MR) is 145 cm³/mol. The summed E-state index contributed by atoms with van der Waals surface area (Å²) < 4.78 is 4.66. The molecule has 9 aromatic rings. The Morgan fingerprint density at radius 2 is 0.806 bits per heavy atom. The fourth-order valence-electron chi connectivity index (χ4n) is 6.59. The molecule has 4 heteroatoms. The van der Waals surface area contributed by atoms with Crippen molar-refractivity contribution in [3.05, 3.63) is 96.1 Å². The molecule has 0 N–H and O–H groups in total. The molecule has 0 amide bonds. The lowest BCUT2D eigenvalue weighted by atomic mass is 10.0. The molecule has 0 bridgehead atoms. The molecule has 36 heavy (non-hydrogen) atoms. The Balaban J connectivity index is 1.58. The van der Waals surface area contributed by atoms with Crippen molar-refractivity contribution in [1.29, 1.82) is 10.5 Å². The van der Waals surface area contributed by atoms with E-state index in [1.807, 2.05) is 24.3 Å². The highest BCUT2D eigenvalue weighted by molar-refractivity contribution is 6.28. The molecular weight excluding hydrogens is 440 g/mol. The number of aromatic nitrogens is 2. The third-order valence-corrected chi connectivity index (χ3v) is 8.01. The fourth-order valence-corrected chi connectivity index (χ4v) is 6.59. The summed E-state index contributed by atoms with van der Waals surface area (Å²) in [5.74, 6) is 0. The van der Waals surface area contributed by atoms with Crippen molar-refractivity contribution in [1.82, 2.24) is 8.80 Å². The van der Waals surface area contributed by atoms with Gasteiger partial charge in [0.1, 0.15) is 0 Å². The Morgan fingerprint density at radius 3 is 1.22 bits per heavy atom. The van der Waals surface area contributed by atoms with Crippen LogP contribution in [0, 0.1) is 22.7 Å². The summed E-state index contributed by atoms with van der Waals surface area (Å²) in [7, 11) is 0. The maximum atomic E-state index is 9.57. The molecule has 0 spiro atoms. The monoisotopic (exact) mass is 454 g/mol. The summed E-state index contributed by atoms with van der Waals surface area (Å²) in [6.07, 6.45) is 0. The van der Waals surface area contributed by atoms with Gasteiger partial charge < -0.3 is 8.80 Å². The average molecular weight is 454 g/mol. The number of para-hydroxylation sites is 2. The van der Waals surface area contributed by atoms with Crippen molar-refractivity contribution in [3.63, 3.8) is 0 Å². The number of fused-ring (bicyclic) bond motifs is 12. The third kappa shape index (κ3) is 1.86. The first-order chi connectivity index (χ1) is 17.8. The zero-order chi connectivity index (χ0) is 23.7. The summed E-state index contributed by atoms with van der Waals surface area (Å²) in [4.78, 5) is 0. The van der Waals surface area contributed by atoms with Crippen LogP contribution in [0.3, 0.4) is 0 Å². The van der Waals surface area contributed by atoms with E-state index in [1.165, 1.54) is 54.1 Å². The van der Waals surface area contributed by atoms with Crippen molar-refractivity contribution in [2.24, 2.45) is 0 Å². The first-order valence-electron chi connectivity index (χ1n) is 11.9. The quantitative estimate of drug-likeness (QED) is 0.235. The summed E-state index contributed by atoms with van der Waals surface area (Å²) in [5, 5.41) is 28.7. The van der Waals surface area contributed by atoms with Crippen LogP contribution < -0.4 is 0 Å². The topological polar surface area (TPSA) is 56.4 Å². The van der Waals surface area contributed by atoms with E-state index < -0.39 is 0 Å². The Hall–Kier alpha value is -5.32. The third-order valence-electron chi connectivity index (χ3n) is 8.01. The molecule has 4 heterocycles. The predicted octanol–water partition coefficient (Wildman–Crippen LogP) is 7.73. The Bertz CT molecular complexity index is 2310. The van der Waals surface area contributed by atoms with E-state index in [-0.39, 0.29) is 0 Å². The summed E-state index contributed by atoms with van der Waals surface area (Å²) in [6.45, 7) is 0. The van der Waals surface area contributed by atoms with Gasteiger partial charge in [-0.05, 0) is 36.4 Å². The smallest absolute Gasteiger partial charge is 0.0992 e. The first-order valence-corrected chi connectivity index (χ1v) is 11.9. The van der Waals surface area contributed by atoms with Gasteiger partial charge in [0.25, 0.3) is 0 Å². The summed E-state index contributed by atoms with van der Waals surface area (Å²) in [6, 6.07) is 34.2. The summed E-state index contributed by atoms with van der Waals surface area (Å²) in [5.41, 5.74) is 8.15. The van der Waals surface area contributed by atoms with Crippen LogP contribution in [0.25, 0.3) is 76.2 Å². The van der Waals surface area contributed by atoms with Gasteiger partial charge >= 0.3 is 0 Å². The second-order valence-electron chi connectivity index (χ2n) is 9.65. The Kier molecular flexibility index (Phi) is 2.93. The maximum absolute atomic E-state index is 9.57. The van der Waals surface area contributed by atoms with Gasteiger partial charge in [-0.25, -0.2) is 0 Å². The molecule has 0 saturated carbocycles. The van der Waals surface area contributed by atoms with E-state index in [9.17, 15) is 10.5 Å². The molecule has 0 radical (unpaired) electrons. The van der Waals surface area contributed by atoms with Gasteiger partial charge in [-0.3, -0.25) is 0 Å². The van der Waals surface area contributed by atoms with Gasteiger partial charge in [0, 0.05) is 43.1 Å². The molecule has 9 rings (SSSR count). The highest BCUT2D eigenvalue weighted by Crippen LogP contribution is 2.44. The largest absolute Gasteiger partial charge is 0.308 e. The van der Waals surface area contributed by atoms with E-state index in [0.29, 0.717) is 11.1 Å². The van der Waals surface area contributed by atoms with Crippen LogP contribution in [0.2, 0.25) is 0 Å². The lowest BCUT2D eigenvalue weighted by molar-refractivity contribution is 1.36. The van der Waals surface area contributed by atoms with E-state index in [2.05, 4.69) is 81.6 Å². The van der Waals surface area contributed by atoms with Crippen LogP contribution in [0.15, 0.2) is 84.9 Å². The lowest BCUT2D eigenvalue weighted by Gasteiger charge is -2.02. The molecule has 4 aromatic heterocycles. The van der Waals surface area contributed by atoms with Crippen molar-refractivity contribution in [3.8, 4) is 12.1 Å². The molecule has 0 aliphatic rings. The molecule has 0 fully saturated rings. The van der Waals surface area contributed by atoms with Crippen LogP contribution in [-0.4, -0.2) is 8.80 Å². The van der Waals surface area contributed by atoms with Crippen molar-refractivity contribution >= 4 is 76.2 Å². The van der Waals surface area contributed by atoms with Crippen LogP contribution in [0.5, 0.6) is 0 Å². The number of nitriles is 2. The maximum Gasteiger partial charge on any atom is 0.0992 e. The zero-order valence-electron chi connectivity index (χ0n) is 18.9. The minimum atomic E-state index is 0.665. The molecule has 0 aliphatic carbocycles. The van der Waals surface area contributed by atoms with Crippen molar-refractivity contribution < 1.29 is 0 Å². The van der Waals surface area contributed by atoms with Crippen LogP contribution in [0.1, 0.15) is 11.1 Å². The van der Waals surface area contributed by atoms with Gasteiger partial charge in [-0.1, -0.05) is 48.5 Å². The zero-order valence-corrected chi connectivity index (χ0v) is 18.9. The highest BCUT2D eigenvalue weighted by Gasteiger charge is 2.22. The van der Waals surface area contributed by atoms with Gasteiger partial charge in [0.15, 0.2) is 0 Å². The second kappa shape index (κ2) is 5.84. The molecular formula is C32H14N4. The average Bonchev–Trinajstić information content (AvgIpc) is 3.64. The van der Waals surface area contributed by atoms with Crippen molar-refractivity contribution in [2.45, 2.75) is 0 Å². The van der Waals surface area contributed by atoms with Crippen molar-refractivity contribution in [2.75, 3.05) is 0 Å². The molecule has 0 aliphatic heterocycles. The molecule has 5 aromatic carbocycles. The van der Waals surface area contributed by atoms with Crippen LogP contribution >= 0.6 is 0 Å². The second-order valence-corrected chi connectivity index (χ2v) is 9.65. The molecule has 162 valence electrons. The van der Waals surface area contributed by atoms with E-state index >= 15 is 0 Å². The lowest BCUT2D eigenvalue weighted by Crippen LogP contribution is -1.84.